The van der Waals surface area contributed by atoms with E-state index in [9.17, 15) is 14.7 Å². The van der Waals surface area contributed by atoms with Crippen LogP contribution in [0.2, 0.25) is 0 Å². The smallest absolute Gasteiger partial charge is 0.265 e. The van der Waals surface area contributed by atoms with Crippen LogP contribution in [0.25, 0.3) is 0 Å². The minimum absolute atomic E-state index is 0.291. The van der Waals surface area contributed by atoms with E-state index in [1.807, 2.05) is 12.1 Å². The number of ketones is 1. The van der Waals surface area contributed by atoms with Gasteiger partial charge in [-0.05, 0) is 32.5 Å². The molecule has 1 atom stereocenters. The van der Waals surface area contributed by atoms with Gasteiger partial charge in [-0.15, -0.1) is 0 Å². The highest BCUT2D eigenvalue weighted by atomic mass is 16.3. The van der Waals surface area contributed by atoms with Crippen LogP contribution >= 0.6 is 0 Å². The normalized spacial score (nSPS) is 22.9. The number of hydrogen-bond acceptors (Lipinski definition) is 6. The van der Waals surface area contributed by atoms with Crippen molar-refractivity contribution in [1.29, 1.82) is 0 Å². The van der Waals surface area contributed by atoms with Gasteiger partial charge in [0.1, 0.15) is 5.76 Å². The zero-order chi connectivity index (χ0) is 20.8. The lowest BCUT2D eigenvalue weighted by atomic mass is 9.87. The Labute approximate surface area is 170 Å². The molecule has 2 aliphatic heterocycles. The van der Waals surface area contributed by atoms with Crippen LogP contribution in [-0.2, 0) is 10.4 Å². The lowest BCUT2D eigenvalue weighted by molar-refractivity contribution is -0.136. The molecule has 4 rings (SSSR count). The molecule has 3 heterocycles. The Morgan fingerprint density at radius 1 is 1.17 bits per heavy atom. The van der Waals surface area contributed by atoms with Crippen LogP contribution < -0.4 is 4.90 Å². The first-order valence-corrected chi connectivity index (χ1v) is 9.94. The van der Waals surface area contributed by atoms with E-state index in [-0.39, 0.29) is 12.2 Å². The van der Waals surface area contributed by atoms with Crippen molar-refractivity contribution in [3.05, 3.63) is 53.0 Å². The van der Waals surface area contributed by atoms with Crippen molar-refractivity contribution in [3.63, 3.8) is 0 Å². The number of carbonyl (C=O) groups excluding carboxylic acids is 2. The van der Waals surface area contributed by atoms with Crippen molar-refractivity contribution in [2.45, 2.75) is 25.9 Å². The monoisotopic (exact) mass is 397 g/mol. The highest BCUT2D eigenvalue weighted by Crippen LogP contribution is 2.43. The highest BCUT2D eigenvalue weighted by molar-refractivity contribution is 6.11. The number of furan rings is 1. The number of anilines is 1. The van der Waals surface area contributed by atoms with E-state index in [0.717, 1.165) is 26.2 Å². The topological polar surface area (TPSA) is 77.2 Å². The van der Waals surface area contributed by atoms with Gasteiger partial charge in [0.15, 0.2) is 11.4 Å². The summed E-state index contributed by atoms with van der Waals surface area (Å²) in [5.74, 6) is -0.227. The van der Waals surface area contributed by atoms with Crippen molar-refractivity contribution in [2.75, 3.05) is 44.8 Å². The molecule has 154 valence electrons. The maximum Gasteiger partial charge on any atom is 0.265 e. The number of nitrogens with zero attached hydrogens (tertiary/aromatic N) is 3. The van der Waals surface area contributed by atoms with Crippen LogP contribution in [0.3, 0.4) is 0 Å². The minimum atomic E-state index is -1.86. The van der Waals surface area contributed by atoms with Crippen molar-refractivity contribution >= 4 is 17.4 Å². The summed E-state index contributed by atoms with van der Waals surface area (Å²) in [6.45, 7) is 7.49. The summed E-state index contributed by atoms with van der Waals surface area (Å²) >= 11 is 0. The summed E-state index contributed by atoms with van der Waals surface area (Å²) in [6, 6.07) is 7.20. The predicted octanol–water partition coefficient (Wildman–Crippen LogP) is 1.91. The van der Waals surface area contributed by atoms with Gasteiger partial charge in [0, 0.05) is 31.7 Å². The fourth-order valence-electron chi connectivity index (χ4n) is 4.32. The first-order chi connectivity index (χ1) is 13.8. The molecule has 7 heteroatoms. The van der Waals surface area contributed by atoms with Gasteiger partial charge in [-0.3, -0.25) is 19.4 Å². The van der Waals surface area contributed by atoms with Crippen molar-refractivity contribution in [1.82, 2.24) is 9.80 Å². The molecular formula is C22H27N3O4. The van der Waals surface area contributed by atoms with Crippen LogP contribution in [0.4, 0.5) is 5.69 Å². The average molecular weight is 397 g/mol. The van der Waals surface area contributed by atoms with E-state index < -0.39 is 11.5 Å². The third-order valence-corrected chi connectivity index (χ3v) is 6.03. The Morgan fingerprint density at radius 3 is 2.52 bits per heavy atom. The number of aliphatic hydroxyl groups is 1. The number of piperazine rings is 1. The number of likely N-dealkylation sites (N-methyl/N-ethyl adjacent to an activating group) is 1. The van der Waals surface area contributed by atoms with Crippen LogP contribution in [0.5, 0.6) is 0 Å². The zero-order valence-corrected chi connectivity index (χ0v) is 17.1. The van der Waals surface area contributed by atoms with E-state index in [0.29, 0.717) is 34.8 Å². The predicted molar refractivity (Wildman–Crippen MR) is 109 cm³/mol. The van der Waals surface area contributed by atoms with Gasteiger partial charge in [0.2, 0.25) is 0 Å². The molecule has 1 fully saturated rings. The number of carbonyl (C=O) groups is 2. The van der Waals surface area contributed by atoms with Gasteiger partial charge in [-0.2, -0.15) is 0 Å². The summed E-state index contributed by atoms with van der Waals surface area (Å²) in [5.41, 5.74) is 0.458. The second kappa shape index (κ2) is 7.40. The Bertz CT molecular complexity index is 926. The molecule has 0 radical (unpaired) electrons. The molecule has 1 unspecified atom stereocenters. The minimum Gasteiger partial charge on any atom is -0.469 e. The summed E-state index contributed by atoms with van der Waals surface area (Å²) in [7, 11) is 2.08. The molecule has 0 saturated carbocycles. The molecule has 29 heavy (non-hydrogen) atoms. The van der Waals surface area contributed by atoms with E-state index in [1.54, 1.807) is 30.9 Å². The summed E-state index contributed by atoms with van der Waals surface area (Å²) in [5, 5.41) is 11.4. The highest BCUT2D eigenvalue weighted by Gasteiger charge is 2.51. The zero-order valence-electron chi connectivity index (χ0n) is 17.1. The molecule has 1 aromatic carbocycles. The lowest BCUT2D eigenvalue weighted by Gasteiger charge is -2.35. The first kappa shape index (κ1) is 19.8. The van der Waals surface area contributed by atoms with Gasteiger partial charge in [0.05, 0.1) is 30.6 Å². The number of para-hydroxylation sites is 1. The van der Waals surface area contributed by atoms with E-state index in [4.69, 9.17) is 4.42 Å². The average Bonchev–Trinajstić information content (AvgIpc) is 3.14. The summed E-state index contributed by atoms with van der Waals surface area (Å²) in [6.07, 6.45) is 1.22. The Hall–Kier alpha value is -2.48. The van der Waals surface area contributed by atoms with Crippen LogP contribution in [0.1, 0.15) is 33.7 Å². The largest absolute Gasteiger partial charge is 0.469 e. The lowest BCUT2D eigenvalue weighted by Crippen LogP contribution is -2.51. The number of benzene rings is 1. The molecule has 2 aromatic rings. The standard InChI is InChI=1S/C22H27N3O4/c1-15-13-29-16(2)20(15)19(26)12-22(28)17-6-4-5-7-18(17)25(21(22)27)14-24-10-8-23(3)9-11-24/h4-7,13,28H,8-12,14H2,1-3H3. The SMILES string of the molecule is Cc1coc(C)c1C(=O)CC1(O)C(=O)N(CN2CCN(C)CC2)c2ccccc21. The number of aryl methyl sites for hydroxylation is 2. The van der Waals surface area contributed by atoms with Gasteiger partial charge >= 0.3 is 0 Å². The Morgan fingerprint density at radius 2 is 1.86 bits per heavy atom. The van der Waals surface area contributed by atoms with Crippen LogP contribution in [-0.4, -0.2) is 66.5 Å². The van der Waals surface area contributed by atoms with E-state index in [1.165, 1.54) is 6.26 Å². The fraction of sp³-hybridized carbons (Fsp3) is 0.455. The molecule has 1 amide bonds. The van der Waals surface area contributed by atoms with Crippen molar-refractivity contribution in [3.8, 4) is 0 Å². The molecule has 0 bridgehead atoms. The number of hydrogen-bond donors (Lipinski definition) is 1. The Kier molecular flexibility index (Phi) is 5.06. The second-order valence-corrected chi connectivity index (χ2v) is 8.12. The van der Waals surface area contributed by atoms with E-state index >= 15 is 0 Å². The van der Waals surface area contributed by atoms with E-state index in [2.05, 4.69) is 16.8 Å². The van der Waals surface area contributed by atoms with Crippen molar-refractivity contribution < 1.29 is 19.1 Å². The number of rotatable bonds is 5. The van der Waals surface area contributed by atoms with Gasteiger partial charge < -0.3 is 14.4 Å². The summed E-state index contributed by atoms with van der Waals surface area (Å²) < 4.78 is 5.33. The molecule has 0 spiro atoms. The van der Waals surface area contributed by atoms with Crippen LogP contribution in [0, 0.1) is 13.8 Å². The number of Topliss-reactive ketones (excluding diaryl/α,β-unsaturated/α-hetero) is 1. The maximum atomic E-state index is 13.4. The quantitative estimate of drug-likeness (QED) is 0.777. The van der Waals surface area contributed by atoms with Gasteiger partial charge in [-0.25, -0.2) is 0 Å². The fourth-order valence-corrected chi connectivity index (χ4v) is 4.32. The summed E-state index contributed by atoms with van der Waals surface area (Å²) in [4.78, 5) is 32.4. The van der Waals surface area contributed by atoms with Crippen molar-refractivity contribution in [2.24, 2.45) is 0 Å². The molecule has 1 saturated heterocycles. The van der Waals surface area contributed by atoms with Crippen LogP contribution in [0.15, 0.2) is 34.9 Å². The third-order valence-electron chi connectivity index (χ3n) is 6.03. The molecule has 1 N–H and O–H groups in total. The molecule has 1 aromatic heterocycles. The van der Waals surface area contributed by atoms with Gasteiger partial charge in [0.25, 0.3) is 5.91 Å². The molecule has 7 nitrogen and oxygen atoms in total. The number of amides is 1. The second-order valence-electron chi connectivity index (χ2n) is 8.12. The first-order valence-electron chi connectivity index (χ1n) is 9.94. The molecule has 2 aliphatic rings. The number of fused-ring (bicyclic) bond motifs is 1. The maximum absolute atomic E-state index is 13.4. The third kappa shape index (κ3) is 3.39. The Balaban J connectivity index is 1.62. The van der Waals surface area contributed by atoms with Gasteiger partial charge in [-0.1, -0.05) is 18.2 Å². The molecular weight excluding hydrogens is 370 g/mol. The molecule has 0 aliphatic carbocycles.